The highest BCUT2D eigenvalue weighted by atomic mass is 15.2. The molecular formula is C36H53N5. The molecule has 41 heavy (non-hydrogen) atoms. The summed E-state index contributed by atoms with van der Waals surface area (Å²) in [7, 11) is 0. The molecule has 222 valence electrons. The second-order valence-corrected chi connectivity index (χ2v) is 13.7. The molecule has 5 heteroatoms. The Bertz CT molecular complexity index is 1120. The van der Waals surface area contributed by atoms with Gasteiger partial charge >= 0.3 is 0 Å². The highest BCUT2D eigenvalue weighted by Crippen LogP contribution is 2.36. The van der Waals surface area contributed by atoms with Gasteiger partial charge in [-0.1, -0.05) is 50.8 Å². The normalized spacial score (nSPS) is 25.0. The van der Waals surface area contributed by atoms with Gasteiger partial charge in [-0.15, -0.1) is 0 Å². The predicted molar refractivity (Wildman–Crippen MR) is 173 cm³/mol. The Morgan fingerprint density at radius 1 is 0.927 bits per heavy atom. The number of rotatable bonds is 8. The van der Waals surface area contributed by atoms with Crippen molar-refractivity contribution in [3.63, 3.8) is 0 Å². The van der Waals surface area contributed by atoms with E-state index in [1.807, 2.05) is 0 Å². The second kappa shape index (κ2) is 13.3. The van der Waals surface area contributed by atoms with E-state index in [-0.39, 0.29) is 0 Å². The van der Waals surface area contributed by atoms with Crippen LogP contribution in [0.5, 0.6) is 0 Å². The number of hydrogen-bond donors (Lipinski definition) is 0. The van der Waals surface area contributed by atoms with Gasteiger partial charge in [0.2, 0.25) is 0 Å². The maximum atomic E-state index is 4.81. The van der Waals surface area contributed by atoms with Gasteiger partial charge in [0.25, 0.3) is 0 Å². The first-order valence-electron chi connectivity index (χ1n) is 16.9. The first-order chi connectivity index (χ1) is 20.0. The number of allylic oxidation sites excluding steroid dienone is 3. The van der Waals surface area contributed by atoms with E-state index in [1.165, 1.54) is 113 Å². The molecule has 1 aromatic rings. The molecule has 4 heterocycles. The minimum Gasteiger partial charge on any atom is -0.375 e. The Hall–Kier alpha value is -2.40. The predicted octanol–water partition coefficient (Wildman–Crippen LogP) is 7.06. The van der Waals surface area contributed by atoms with Crippen LogP contribution >= 0.6 is 0 Å². The van der Waals surface area contributed by atoms with E-state index >= 15 is 0 Å². The monoisotopic (exact) mass is 555 g/mol. The summed E-state index contributed by atoms with van der Waals surface area (Å²) in [6, 6.07) is 10.4. The van der Waals surface area contributed by atoms with E-state index in [9.17, 15) is 0 Å². The summed E-state index contributed by atoms with van der Waals surface area (Å²) in [6.45, 7) is 17.1. The van der Waals surface area contributed by atoms with Crippen molar-refractivity contribution in [2.75, 3.05) is 45.8 Å². The summed E-state index contributed by atoms with van der Waals surface area (Å²) in [5.74, 6) is 4.12. The number of aliphatic imine (C=N–C) groups is 2. The maximum Gasteiger partial charge on any atom is 0.128 e. The molecule has 1 aliphatic carbocycles. The van der Waals surface area contributed by atoms with Crippen LogP contribution in [0.4, 0.5) is 0 Å². The van der Waals surface area contributed by atoms with Crippen molar-refractivity contribution in [3.8, 4) is 0 Å². The van der Waals surface area contributed by atoms with Crippen molar-refractivity contribution in [2.24, 2.45) is 27.7 Å². The number of likely N-dealkylation sites (tertiary alicyclic amines) is 3. The smallest absolute Gasteiger partial charge is 0.128 e. The van der Waals surface area contributed by atoms with Gasteiger partial charge in [-0.05, 0) is 106 Å². The van der Waals surface area contributed by atoms with Crippen molar-refractivity contribution in [1.82, 2.24) is 14.7 Å². The van der Waals surface area contributed by atoms with Crippen LogP contribution in [0.3, 0.4) is 0 Å². The molecule has 0 saturated carbocycles. The number of aryl methyl sites for hydroxylation is 1. The second-order valence-electron chi connectivity index (χ2n) is 13.7. The first-order valence-corrected chi connectivity index (χ1v) is 16.9. The van der Waals surface area contributed by atoms with Crippen LogP contribution in [-0.2, 0) is 6.42 Å². The maximum absolute atomic E-state index is 4.81. The fourth-order valence-corrected chi connectivity index (χ4v) is 7.86. The topological polar surface area (TPSA) is 34.4 Å². The van der Waals surface area contributed by atoms with Crippen LogP contribution in [0.1, 0.15) is 89.2 Å². The Morgan fingerprint density at radius 3 is 2.29 bits per heavy atom. The highest BCUT2D eigenvalue weighted by Gasteiger charge is 2.29. The lowest BCUT2D eigenvalue weighted by Crippen LogP contribution is -2.44. The Balaban J connectivity index is 0.918. The van der Waals surface area contributed by atoms with Gasteiger partial charge in [-0.2, -0.15) is 0 Å². The zero-order chi connectivity index (χ0) is 28.2. The van der Waals surface area contributed by atoms with Gasteiger partial charge in [0.15, 0.2) is 0 Å². The standard InChI is InChI=1S/C36H53N5/c1-27(2)36-37-26-35(38-36)41-22-16-30(17-23-41)7-6-29-8-10-32(11-9-29)33-14-12-31(13-15-33)28(3)39-24-18-34(19-25-39)40-20-4-5-21-40/h8-11,14,27,30-31,34H,3-7,12-13,15-26H2,1-2H3. The average molecular weight is 556 g/mol. The molecule has 0 radical (unpaired) electrons. The van der Waals surface area contributed by atoms with Crippen molar-refractivity contribution < 1.29 is 0 Å². The van der Waals surface area contributed by atoms with Crippen molar-refractivity contribution in [3.05, 3.63) is 53.7 Å². The largest absolute Gasteiger partial charge is 0.375 e. The third kappa shape index (κ3) is 6.98. The number of amidine groups is 2. The minimum absolute atomic E-state index is 0.431. The molecule has 5 aliphatic rings. The van der Waals surface area contributed by atoms with Gasteiger partial charge in [0.1, 0.15) is 11.7 Å². The summed E-state index contributed by atoms with van der Waals surface area (Å²) in [6.07, 6.45) is 16.6. The lowest BCUT2D eigenvalue weighted by molar-refractivity contribution is 0.139. The average Bonchev–Trinajstić information content (AvgIpc) is 3.74. The molecule has 3 saturated heterocycles. The van der Waals surface area contributed by atoms with E-state index in [1.54, 1.807) is 5.57 Å². The van der Waals surface area contributed by atoms with Gasteiger partial charge < -0.3 is 14.7 Å². The molecule has 1 unspecified atom stereocenters. The van der Waals surface area contributed by atoms with Crippen molar-refractivity contribution >= 4 is 17.2 Å². The molecule has 0 bridgehead atoms. The van der Waals surface area contributed by atoms with Gasteiger partial charge in [-0.3, -0.25) is 4.99 Å². The molecule has 0 amide bonds. The summed E-state index contributed by atoms with van der Waals surface area (Å²) in [4.78, 5) is 17.3. The third-order valence-corrected chi connectivity index (χ3v) is 10.7. The Kier molecular flexibility index (Phi) is 9.29. The molecule has 1 atom stereocenters. The van der Waals surface area contributed by atoms with E-state index in [4.69, 9.17) is 4.99 Å². The Morgan fingerprint density at radius 2 is 1.66 bits per heavy atom. The summed E-state index contributed by atoms with van der Waals surface area (Å²) in [5, 5.41) is 0. The van der Waals surface area contributed by atoms with Gasteiger partial charge in [0.05, 0.1) is 6.54 Å². The van der Waals surface area contributed by atoms with E-state index in [0.29, 0.717) is 11.8 Å². The van der Waals surface area contributed by atoms with E-state index in [0.717, 1.165) is 43.9 Å². The number of piperidine rings is 2. The van der Waals surface area contributed by atoms with Crippen LogP contribution in [-0.4, -0.2) is 78.2 Å². The first kappa shape index (κ1) is 28.7. The Labute approximate surface area is 249 Å². The number of benzene rings is 1. The molecule has 4 aliphatic heterocycles. The van der Waals surface area contributed by atoms with Crippen molar-refractivity contribution in [1.29, 1.82) is 0 Å². The molecule has 0 N–H and O–H groups in total. The SMILES string of the molecule is C=C(C1CC=C(c2ccc(CCC3CCN(C4=NC(C(C)C)=NC4)CC3)cc2)CC1)N1CCC(N2CCCC2)CC1. The lowest BCUT2D eigenvalue weighted by atomic mass is 9.84. The molecular weight excluding hydrogens is 502 g/mol. The van der Waals surface area contributed by atoms with Crippen LogP contribution in [0.25, 0.3) is 5.57 Å². The number of nitrogens with zero attached hydrogens (tertiary/aromatic N) is 5. The minimum atomic E-state index is 0.431. The summed E-state index contributed by atoms with van der Waals surface area (Å²) >= 11 is 0. The van der Waals surface area contributed by atoms with Crippen LogP contribution in [0, 0.1) is 17.8 Å². The summed E-state index contributed by atoms with van der Waals surface area (Å²) in [5.41, 5.74) is 5.87. The lowest BCUT2D eigenvalue weighted by Gasteiger charge is -2.41. The molecule has 0 aromatic heterocycles. The fourth-order valence-electron chi connectivity index (χ4n) is 7.86. The number of hydrogen-bond acceptors (Lipinski definition) is 5. The molecule has 5 nitrogen and oxygen atoms in total. The summed E-state index contributed by atoms with van der Waals surface area (Å²) < 4.78 is 0. The van der Waals surface area contributed by atoms with E-state index in [2.05, 4.69) is 70.5 Å². The van der Waals surface area contributed by atoms with Crippen LogP contribution in [0.15, 0.2) is 52.6 Å². The van der Waals surface area contributed by atoms with Crippen molar-refractivity contribution in [2.45, 2.75) is 90.5 Å². The van der Waals surface area contributed by atoms with Gasteiger partial charge in [-0.25, -0.2) is 4.99 Å². The molecule has 1 aromatic carbocycles. The zero-order valence-corrected chi connectivity index (χ0v) is 25.9. The fraction of sp³-hybridized carbons (Fsp3) is 0.667. The van der Waals surface area contributed by atoms with E-state index < -0.39 is 0 Å². The van der Waals surface area contributed by atoms with Crippen LogP contribution in [0.2, 0.25) is 0 Å². The van der Waals surface area contributed by atoms with Crippen LogP contribution < -0.4 is 0 Å². The highest BCUT2D eigenvalue weighted by molar-refractivity contribution is 6.03. The molecule has 6 rings (SSSR count). The zero-order valence-electron chi connectivity index (χ0n) is 25.9. The molecule has 3 fully saturated rings. The van der Waals surface area contributed by atoms with Gasteiger partial charge in [0, 0.05) is 49.8 Å². The quantitative estimate of drug-likeness (QED) is 0.345. The third-order valence-electron chi connectivity index (χ3n) is 10.7. The molecule has 0 spiro atoms.